The fraction of sp³-hybridized carbons (Fsp3) is 0.188. The van der Waals surface area contributed by atoms with Gasteiger partial charge in [-0.15, -0.1) is 0 Å². The molecule has 0 saturated heterocycles. The molecule has 126 valence electrons. The summed E-state index contributed by atoms with van der Waals surface area (Å²) in [5, 5.41) is 0.605. The van der Waals surface area contributed by atoms with Crippen molar-refractivity contribution in [2.75, 3.05) is 7.05 Å². The van der Waals surface area contributed by atoms with Gasteiger partial charge in [-0.25, -0.2) is 8.42 Å². The Morgan fingerprint density at radius 3 is 2.50 bits per heavy atom. The highest BCUT2D eigenvalue weighted by atomic mass is 35.5. The first-order valence-corrected chi connectivity index (χ1v) is 9.73. The van der Waals surface area contributed by atoms with Gasteiger partial charge in [0, 0.05) is 25.7 Å². The number of aromatic nitrogens is 1. The highest BCUT2D eigenvalue weighted by molar-refractivity contribution is 7.89. The van der Waals surface area contributed by atoms with Crippen LogP contribution in [0.4, 0.5) is 0 Å². The Bertz CT molecular complexity index is 1050. The quantitative estimate of drug-likeness (QED) is 0.696. The molecule has 3 rings (SSSR count). The molecule has 0 saturated carbocycles. The number of aryl methyl sites for hydroxylation is 1. The van der Waals surface area contributed by atoms with E-state index in [2.05, 4.69) is 0 Å². The average molecular weight is 383 g/mol. The van der Waals surface area contributed by atoms with Crippen LogP contribution in [-0.2, 0) is 23.6 Å². The molecule has 0 spiro atoms. The van der Waals surface area contributed by atoms with Crippen LogP contribution >= 0.6 is 22.9 Å². The van der Waals surface area contributed by atoms with Crippen molar-refractivity contribution in [3.05, 3.63) is 62.7 Å². The zero-order chi connectivity index (χ0) is 17.5. The lowest BCUT2D eigenvalue weighted by molar-refractivity contribution is 0.467. The standard InChI is InChI=1S/C16H15ClN2O3S2/c1-18(10-11-3-5-12(17)6-4-11)24(21,22)13-7-8-14-15(9-13)23-16(20)19(14)2/h3-9H,10H2,1-2H3. The summed E-state index contributed by atoms with van der Waals surface area (Å²) in [5.74, 6) is 0. The normalized spacial score (nSPS) is 12.2. The largest absolute Gasteiger partial charge is 0.307 e. The first kappa shape index (κ1) is 17.2. The molecule has 3 aromatic rings. The lowest BCUT2D eigenvalue weighted by atomic mass is 10.2. The number of nitrogens with zero attached hydrogens (tertiary/aromatic N) is 2. The van der Waals surface area contributed by atoms with Gasteiger partial charge >= 0.3 is 4.87 Å². The summed E-state index contributed by atoms with van der Waals surface area (Å²) < 4.78 is 29.0. The Kier molecular flexibility index (Phi) is 4.52. The van der Waals surface area contributed by atoms with Gasteiger partial charge in [-0.05, 0) is 35.9 Å². The molecule has 1 aromatic heterocycles. The Morgan fingerprint density at radius 1 is 1.17 bits per heavy atom. The predicted molar refractivity (Wildman–Crippen MR) is 97.2 cm³/mol. The van der Waals surface area contributed by atoms with Gasteiger partial charge < -0.3 is 4.57 Å². The van der Waals surface area contributed by atoms with Crippen LogP contribution in [0.15, 0.2) is 52.2 Å². The second-order valence-electron chi connectivity index (χ2n) is 5.44. The lowest BCUT2D eigenvalue weighted by Gasteiger charge is -2.17. The third-order valence-electron chi connectivity index (χ3n) is 3.79. The van der Waals surface area contributed by atoms with Crippen LogP contribution in [0.3, 0.4) is 0 Å². The Hall–Kier alpha value is -1.67. The topological polar surface area (TPSA) is 59.4 Å². The van der Waals surface area contributed by atoms with Crippen molar-refractivity contribution in [1.82, 2.24) is 8.87 Å². The molecular formula is C16H15ClN2O3S2. The van der Waals surface area contributed by atoms with Gasteiger partial charge in [-0.1, -0.05) is 35.1 Å². The van der Waals surface area contributed by atoms with Crippen LogP contribution in [0.5, 0.6) is 0 Å². The van der Waals surface area contributed by atoms with E-state index in [4.69, 9.17) is 11.6 Å². The molecule has 0 aliphatic carbocycles. The predicted octanol–water partition coefficient (Wildman–Crippen LogP) is 3.07. The molecule has 0 N–H and O–H groups in total. The number of benzene rings is 2. The summed E-state index contributed by atoms with van der Waals surface area (Å²) in [5.41, 5.74) is 1.57. The smallest absolute Gasteiger partial charge is 0.302 e. The van der Waals surface area contributed by atoms with Crippen molar-refractivity contribution in [2.24, 2.45) is 7.05 Å². The maximum Gasteiger partial charge on any atom is 0.307 e. The SMILES string of the molecule is CN(Cc1ccc(Cl)cc1)S(=O)(=O)c1ccc2c(c1)sc(=O)n2C. The monoisotopic (exact) mass is 382 g/mol. The Balaban J connectivity index is 1.94. The van der Waals surface area contributed by atoms with Crippen LogP contribution in [0.2, 0.25) is 5.02 Å². The van der Waals surface area contributed by atoms with E-state index < -0.39 is 10.0 Å². The van der Waals surface area contributed by atoms with E-state index in [0.717, 1.165) is 22.4 Å². The minimum absolute atomic E-state index is 0.117. The molecule has 5 nitrogen and oxygen atoms in total. The minimum atomic E-state index is -3.65. The van der Waals surface area contributed by atoms with Crippen molar-refractivity contribution < 1.29 is 8.42 Å². The van der Waals surface area contributed by atoms with E-state index in [1.807, 2.05) is 0 Å². The van der Waals surface area contributed by atoms with Crippen molar-refractivity contribution >= 4 is 43.2 Å². The van der Waals surface area contributed by atoms with E-state index >= 15 is 0 Å². The fourth-order valence-corrected chi connectivity index (χ4v) is 4.69. The Morgan fingerprint density at radius 2 is 1.83 bits per heavy atom. The first-order valence-electron chi connectivity index (χ1n) is 7.09. The van der Waals surface area contributed by atoms with E-state index in [1.54, 1.807) is 43.4 Å². The third kappa shape index (κ3) is 3.12. The first-order chi connectivity index (χ1) is 11.3. The van der Waals surface area contributed by atoms with Crippen molar-refractivity contribution in [1.29, 1.82) is 0 Å². The zero-order valence-electron chi connectivity index (χ0n) is 13.1. The van der Waals surface area contributed by atoms with Gasteiger partial charge in [-0.2, -0.15) is 4.31 Å². The molecule has 0 atom stereocenters. The number of sulfonamides is 1. The summed E-state index contributed by atoms with van der Waals surface area (Å²) in [7, 11) is -0.449. The van der Waals surface area contributed by atoms with Gasteiger partial charge in [-0.3, -0.25) is 4.79 Å². The minimum Gasteiger partial charge on any atom is -0.302 e. The number of halogens is 1. The van der Waals surface area contributed by atoms with Crippen LogP contribution in [0.25, 0.3) is 10.2 Å². The number of rotatable bonds is 4. The number of hydrogen-bond acceptors (Lipinski definition) is 4. The Labute approximate surface area is 148 Å². The molecule has 0 amide bonds. The fourth-order valence-electron chi connectivity index (χ4n) is 2.39. The molecular weight excluding hydrogens is 368 g/mol. The molecule has 2 aromatic carbocycles. The lowest BCUT2D eigenvalue weighted by Crippen LogP contribution is -2.26. The van der Waals surface area contributed by atoms with Crippen molar-refractivity contribution in [3.8, 4) is 0 Å². The van der Waals surface area contributed by atoms with Gasteiger partial charge in [0.05, 0.1) is 15.1 Å². The molecule has 24 heavy (non-hydrogen) atoms. The molecule has 0 aliphatic rings. The third-order valence-corrected chi connectivity index (χ3v) is 6.84. The van der Waals surface area contributed by atoms with Gasteiger partial charge in [0.1, 0.15) is 0 Å². The van der Waals surface area contributed by atoms with E-state index in [1.165, 1.54) is 22.0 Å². The average Bonchev–Trinajstić information content (AvgIpc) is 2.83. The van der Waals surface area contributed by atoms with E-state index in [9.17, 15) is 13.2 Å². The van der Waals surface area contributed by atoms with Crippen molar-refractivity contribution in [2.45, 2.75) is 11.4 Å². The van der Waals surface area contributed by atoms with Gasteiger partial charge in [0.2, 0.25) is 10.0 Å². The van der Waals surface area contributed by atoms with E-state index in [-0.39, 0.29) is 16.3 Å². The summed E-state index contributed by atoms with van der Waals surface area (Å²) >= 11 is 6.88. The van der Waals surface area contributed by atoms with Crippen LogP contribution in [0.1, 0.15) is 5.56 Å². The van der Waals surface area contributed by atoms with Crippen LogP contribution in [0, 0.1) is 0 Å². The second kappa shape index (κ2) is 6.33. The number of thiazole rings is 1. The summed E-state index contributed by atoms with van der Waals surface area (Å²) in [6, 6.07) is 11.8. The summed E-state index contributed by atoms with van der Waals surface area (Å²) in [6.45, 7) is 0.239. The van der Waals surface area contributed by atoms with Crippen LogP contribution in [-0.4, -0.2) is 24.3 Å². The van der Waals surface area contributed by atoms with Crippen molar-refractivity contribution in [3.63, 3.8) is 0 Å². The van der Waals surface area contributed by atoms with Gasteiger partial charge in [0.25, 0.3) is 0 Å². The maximum atomic E-state index is 12.8. The summed E-state index contributed by atoms with van der Waals surface area (Å²) in [6.07, 6.45) is 0. The zero-order valence-corrected chi connectivity index (χ0v) is 15.5. The molecule has 0 radical (unpaired) electrons. The molecule has 0 bridgehead atoms. The number of fused-ring (bicyclic) bond motifs is 1. The molecule has 0 fully saturated rings. The summed E-state index contributed by atoms with van der Waals surface area (Å²) in [4.78, 5) is 11.8. The number of hydrogen-bond donors (Lipinski definition) is 0. The highest BCUT2D eigenvalue weighted by Gasteiger charge is 2.22. The van der Waals surface area contributed by atoms with Crippen LogP contribution < -0.4 is 4.87 Å². The second-order valence-corrected chi connectivity index (χ2v) is 8.92. The van der Waals surface area contributed by atoms with Gasteiger partial charge in [0.15, 0.2) is 0 Å². The molecule has 0 unspecified atom stereocenters. The van der Waals surface area contributed by atoms with E-state index in [0.29, 0.717) is 9.72 Å². The highest BCUT2D eigenvalue weighted by Crippen LogP contribution is 2.24. The molecule has 0 aliphatic heterocycles. The molecule has 1 heterocycles. The molecule has 8 heteroatoms. The maximum absolute atomic E-state index is 12.8.